The number of amides is 1. The Morgan fingerprint density at radius 1 is 1.12 bits per heavy atom. The highest BCUT2D eigenvalue weighted by Crippen LogP contribution is 2.16. The number of nitrogens with one attached hydrogen (secondary N) is 1. The second kappa shape index (κ2) is 7.79. The van der Waals surface area contributed by atoms with Crippen molar-refractivity contribution in [3.63, 3.8) is 0 Å². The van der Waals surface area contributed by atoms with E-state index in [0.717, 1.165) is 16.9 Å². The molecule has 2 aromatic heterocycles. The van der Waals surface area contributed by atoms with Crippen molar-refractivity contribution >= 4 is 33.9 Å². The number of halogens is 1. The van der Waals surface area contributed by atoms with E-state index in [2.05, 4.69) is 15.5 Å². The van der Waals surface area contributed by atoms with Gasteiger partial charge in [0.2, 0.25) is 16.7 Å². The van der Waals surface area contributed by atoms with Gasteiger partial charge in [-0.3, -0.25) is 19.7 Å². The maximum atomic E-state index is 12.9. The van der Waals surface area contributed by atoms with E-state index in [9.17, 15) is 18.8 Å². The molecular formula is C17H12FN3O4S. The molecule has 3 rings (SSSR count). The average molecular weight is 373 g/mol. The standard InChI is InChI=1S/C17H12FN3O4S/c18-11-3-1-10(2-4-11)7-12-5-6-15(25-12)13(22)8-14(23)16(24)20-17-21-19-9-26-17/h1-6,9H,7-8H2,(H,20,21,24). The minimum Gasteiger partial charge on any atom is -0.458 e. The Hall–Kier alpha value is -3.20. The van der Waals surface area contributed by atoms with Crippen molar-refractivity contribution in [1.82, 2.24) is 10.2 Å². The molecule has 0 atom stereocenters. The van der Waals surface area contributed by atoms with E-state index in [-0.39, 0.29) is 16.7 Å². The van der Waals surface area contributed by atoms with Crippen molar-refractivity contribution in [3.05, 3.63) is 64.8 Å². The number of hydrogen-bond donors (Lipinski definition) is 1. The van der Waals surface area contributed by atoms with Gasteiger partial charge >= 0.3 is 0 Å². The lowest BCUT2D eigenvalue weighted by Gasteiger charge is -2.00. The number of furan rings is 1. The zero-order valence-corrected chi connectivity index (χ0v) is 14.1. The second-order valence-corrected chi connectivity index (χ2v) is 6.12. The zero-order chi connectivity index (χ0) is 18.5. The minimum absolute atomic E-state index is 0.0147. The third-order valence-electron chi connectivity index (χ3n) is 3.38. The van der Waals surface area contributed by atoms with Gasteiger partial charge < -0.3 is 4.42 Å². The third kappa shape index (κ3) is 4.45. The first-order valence-electron chi connectivity index (χ1n) is 7.48. The monoisotopic (exact) mass is 373 g/mol. The SMILES string of the molecule is O=C(CC(=O)c1ccc(Cc2ccc(F)cc2)o1)C(=O)Nc1nncs1. The Morgan fingerprint density at radius 2 is 1.88 bits per heavy atom. The van der Waals surface area contributed by atoms with Crippen molar-refractivity contribution in [1.29, 1.82) is 0 Å². The van der Waals surface area contributed by atoms with Crippen molar-refractivity contribution in [2.75, 3.05) is 5.32 Å². The van der Waals surface area contributed by atoms with E-state index >= 15 is 0 Å². The molecule has 26 heavy (non-hydrogen) atoms. The van der Waals surface area contributed by atoms with E-state index in [4.69, 9.17) is 4.42 Å². The Balaban J connectivity index is 1.58. The molecule has 0 saturated heterocycles. The van der Waals surface area contributed by atoms with Crippen molar-refractivity contribution in [2.24, 2.45) is 0 Å². The van der Waals surface area contributed by atoms with Crippen LogP contribution in [0.5, 0.6) is 0 Å². The van der Waals surface area contributed by atoms with Crippen LogP contribution in [-0.4, -0.2) is 27.7 Å². The van der Waals surface area contributed by atoms with E-state index in [1.807, 2.05) is 0 Å². The number of Topliss-reactive ketones (excluding diaryl/α,β-unsaturated/α-hetero) is 2. The van der Waals surface area contributed by atoms with Gasteiger partial charge in [0.25, 0.3) is 5.91 Å². The van der Waals surface area contributed by atoms with E-state index in [1.165, 1.54) is 23.7 Å². The Kier molecular flexibility index (Phi) is 5.28. The molecule has 0 unspecified atom stereocenters. The molecule has 0 bridgehead atoms. The highest BCUT2D eigenvalue weighted by atomic mass is 32.1. The molecule has 0 radical (unpaired) electrons. The summed E-state index contributed by atoms with van der Waals surface area (Å²) in [7, 11) is 0. The van der Waals surface area contributed by atoms with Crippen LogP contribution in [0.4, 0.5) is 9.52 Å². The number of nitrogens with zero attached hydrogens (tertiary/aromatic N) is 2. The fraction of sp³-hybridized carbons (Fsp3) is 0.118. The van der Waals surface area contributed by atoms with Gasteiger partial charge in [-0.2, -0.15) is 0 Å². The van der Waals surface area contributed by atoms with E-state index in [1.54, 1.807) is 18.2 Å². The number of carbonyl (C=O) groups is 3. The molecule has 1 aromatic carbocycles. The molecule has 1 amide bonds. The number of ketones is 2. The predicted molar refractivity (Wildman–Crippen MR) is 90.4 cm³/mol. The van der Waals surface area contributed by atoms with Crippen LogP contribution in [0.1, 0.15) is 28.3 Å². The maximum absolute atomic E-state index is 12.9. The quantitative estimate of drug-likeness (QED) is 0.388. The summed E-state index contributed by atoms with van der Waals surface area (Å²) in [6.07, 6.45) is -0.243. The Bertz CT molecular complexity index is 935. The topological polar surface area (TPSA) is 102 Å². The van der Waals surface area contributed by atoms with Crippen molar-refractivity contribution in [3.8, 4) is 0 Å². The first-order chi connectivity index (χ1) is 12.5. The summed E-state index contributed by atoms with van der Waals surface area (Å²) >= 11 is 1.06. The molecule has 0 aliphatic heterocycles. The van der Waals surface area contributed by atoms with Gasteiger partial charge in [-0.15, -0.1) is 10.2 Å². The van der Waals surface area contributed by atoms with Gasteiger partial charge in [0.15, 0.2) is 5.76 Å². The maximum Gasteiger partial charge on any atom is 0.294 e. The Labute approximate surface area is 150 Å². The summed E-state index contributed by atoms with van der Waals surface area (Å²) in [6, 6.07) is 8.93. The van der Waals surface area contributed by atoms with Crippen LogP contribution in [-0.2, 0) is 16.0 Å². The number of aromatic nitrogens is 2. The number of benzene rings is 1. The average Bonchev–Trinajstić information content (AvgIpc) is 3.29. The molecule has 7 nitrogen and oxygen atoms in total. The summed E-state index contributed by atoms with van der Waals surface area (Å²) in [6.45, 7) is 0. The molecule has 0 aliphatic carbocycles. The minimum atomic E-state index is -0.937. The lowest BCUT2D eigenvalue weighted by atomic mass is 10.1. The molecule has 132 valence electrons. The zero-order valence-electron chi connectivity index (χ0n) is 13.3. The number of carbonyl (C=O) groups excluding carboxylic acids is 3. The number of anilines is 1. The fourth-order valence-electron chi connectivity index (χ4n) is 2.13. The van der Waals surface area contributed by atoms with Crippen LogP contribution in [0.15, 0.2) is 46.3 Å². The van der Waals surface area contributed by atoms with Crippen molar-refractivity contribution in [2.45, 2.75) is 12.8 Å². The second-order valence-electron chi connectivity index (χ2n) is 5.29. The summed E-state index contributed by atoms with van der Waals surface area (Å²) in [5, 5.41) is 9.55. The van der Waals surface area contributed by atoms with Crippen LogP contribution in [0.25, 0.3) is 0 Å². The highest BCUT2D eigenvalue weighted by molar-refractivity contribution is 7.13. The molecule has 9 heteroatoms. The third-order valence-corrected chi connectivity index (χ3v) is 3.99. The van der Waals surface area contributed by atoms with Crippen LogP contribution in [0.3, 0.4) is 0 Å². The van der Waals surface area contributed by atoms with Gasteiger partial charge in [-0.25, -0.2) is 4.39 Å². The summed E-state index contributed by atoms with van der Waals surface area (Å²) in [5.41, 5.74) is 2.21. The molecule has 3 aromatic rings. The van der Waals surface area contributed by atoms with Gasteiger partial charge in [0, 0.05) is 6.42 Å². The molecule has 0 fully saturated rings. The van der Waals surface area contributed by atoms with E-state index < -0.39 is 23.9 Å². The summed E-state index contributed by atoms with van der Waals surface area (Å²) in [5.74, 6) is -2.30. The molecule has 0 saturated carbocycles. The number of hydrogen-bond acceptors (Lipinski definition) is 7. The summed E-state index contributed by atoms with van der Waals surface area (Å²) < 4.78 is 18.3. The van der Waals surface area contributed by atoms with Gasteiger partial charge in [0.05, 0.1) is 6.42 Å². The lowest BCUT2D eigenvalue weighted by Crippen LogP contribution is -2.25. The van der Waals surface area contributed by atoms with Crippen LogP contribution < -0.4 is 5.32 Å². The van der Waals surface area contributed by atoms with Crippen LogP contribution in [0, 0.1) is 5.82 Å². The van der Waals surface area contributed by atoms with Gasteiger partial charge in [-0.05, 0) is 29.8 Å². The molecule has 1 N–H and O–H groups in total. The lowest BCUT2D eigenvalue weighted by molar-refractivity contribution is -0.134. The van der Waals surface area contributed by atoms with E-state index in [0.29, 0.717) is 12.2 Å². The highest BCUT2D eigenvalue weighted by Gasteiger charge is 2.22. The van der Waals surface area contributed by atoms with Crippen molar-refractivity contribution < 1.29 is 23.2 Å². The summed E-state index contributed by atoms with van der Waals surface area (Å²) in [4.78, 5) is 35.6. The number of rotatable bonds is 7. The van der Waals surface area contributed by atoms with Gasteiger partial charge in [0.1, 0.15) is 17.1 Å². The molecule has 2 heterocycles. The molecule has 0 spiro atoms. The fourth-order valence-corrected chi connectivity index (χ4v) is 2.57. The predicted octanol–water partition coefficient (Wildman–Crippen LogP) is 2.64. The largest absolute Gasteiger partial charge is 0.458 e. The molecular weight excluding hydrogens is 361 g/mol. The van der Waals surface area contributed by atoms with Crippen LogP contribution in [0.2, 0.25) is 0 Å². The first kappa shape index (κ1) is 17.6. The van der Waals surface area contributed by atoms with Crippen LogP contribution >= 0.6 is 11.3 Å². The first-order valence-corrected chi connectivity index (χ1v) is 8.36. The Morgan fingerprint density at radius 3 is 2.58 bits per heavy atom. The van der Waals surface area contributed by atoms with Gasteiger partial charge in [-0.1, -0.05) is 23.5 Å². The smallest absolute Gasteiger partial charge is 0.294 e. The molecule has 0 aliphatic rings. The normalized spacial score (nSPS) is 10.5.